The Bertz CT molecular complexity index is 484. The van der Waals surface area contributed by atoms with Crippen molar-refractivity contribution in [3.05, 3.63) is 18.0 Å². The summed E-state index contributed by atoms with van der Waals surface area (Å²) in [7, 11) is 0.981. The van der Waals surface area contributed by atoms with E-state index < -0.39 is 9.84 Å². The zero-order chi connectivity index (χ0) is 13.2. The number of hydrogen-bond donors (Lipinski definition) is 0. The van der Waals surface area contributed by atoms with Crippen LogP contribution in [0.15, 0.2) is 12.4 Å². The third-order valence-electron chi connectivity index (χ3n) is 2.93. The third kappa shape index (κ3) is 3.39. The zero-order valence-electron chi connectivity index (χ0n) is 10.7. The van der Waals surface area contributed by atoms with Gasteiger partial charge in [0.25, 0.3) is 0 Å². The maximum atomic E-state index is 11.3. The second-order valence-electron chi connectivity index (χ2n) is 4.71. The standard InChI is InChI=1S/C11H18N4O2S/c1-14(2)11-12-7-10(8-13-11)9-15-3-5-18(16,17)6-4-15/h7-8H,3-6,9H2,1-2H3. The van der Waals surface area contributed by atoms with Crippen molar-refractivity contribution in [1.82, 2.24) is 14.9 Å². The third-order valence-corrected chi connectivity index (χ3v) is 4.54. The molecule has 18 heavy (non-hydrogen) atoms. The zero-order valence-corrected chi connectivity index (χ0v) is 11.5. The van der Waals surface area contributed by atoms with Gasteiger partial charge in [-0.15, -0.1) is 0 Å². The average molecular weight is 270 g/mol. The molecular weight excluding hydrogens is 252 g/mol. The van der Waals surface area contributed by atoms with Gasteiger partial charge in [-0.1, -0.05) is 0 Å². The molecule has 0 saturated carbocycles. The van der Waals surface area contributed by atoms with Crippen molar-refractivity contribution < 1.29 is 8.42 Å². The van der Waals surface area contributed by atoms with Gasteiger partial charge in [-0.05, 0) is 0 Å². The van der Waals surface area contributed by atoms with E-state index in [-0.39, 0.29) is 11.5 Å². The highest BCUT2D eigenvalue weighted by Gasteiger charge is 2.21. The molecule has 0 bridgehead atoms. The van der Waals surface area contributed by atoms with Gasteiger partial charge in [0.2, 0.25) is 5.95 Å². The molecule has 0 N–H and O–H groups in total. The summed E-state index contributed by atoms with van der Waals surface area (Å²) < 4.78 is 22.6. The molecule has 2 rings (SSSR count). The molecule has 1 fully saturated rings. The molecule has 0 unspecified atom stereocenters. The fourth-order valence-corrected chi connectivity index (χ4v) is 3.10. The van der Waals surface area contributed by atoms with Crippen LogP contribution >= 0.6 is 0 Å². The van der Waals surface area contributed by atoms with E-state index in [4.69, 9.17) is 0 Å². The quantitative estimate of drug-likeness (QED) is 0.756. The van der Waals surface area contributed by atoms with Gasteiger partial charge in [-0.2, -0.15) is 0 Å². The largest absolute Gasteiger partial charge is 0.347 e. The Morgan fingerprint density at radius 3 is 2.28 bits per heavy atom. The lowest BCUT2D eigenvalue weighted by Crippen LogP contribution is -2.39. The summed E-state index contributed by atoms with van der Waals surface area (Å²) in [5, 5.41) is 0. The molecule has 0 atom stereocenters. The highest BCUT2D eigenvalue weighted by molar-refractivity contribution is 7.91. The fourth-order valence-electron chi connectivity index (χ4n) is 1.83. The summed E-state index contributed by atoms with van der Waals surface area (Å²) in [6.45, 7) is 1.90. The minimum atomic E-state index is -2.81. The van der Waals surface area contributed by atoms with E-state index in [0.29, 0.717) is 25.6 Å². The molecule has 0 radical (unpaired) electrons. The minimum absolute atomic E-state index is 0.254. The average Bonchev–Trinajstić information content (AvgIpc) is 2.33. The molecule has 0 amide bonds. The first-order chi connectivity index (χ1) is 8.46. The Morgan fingerprint density at radius 2 is 1.78 bits per heavy atom. The molecule has 1 saturated heterocycles. The first-order valence-electron chi connectivity index (χ1n) is 5.87. The predicted molar refractivity (Wildman–Crippen MR) is 70.3 cm³/mol. The van der Waals surface area contributed by atoms with Crippen LogP contribution in [0.3, 0.4) is 0 Å². The summed E-state index contributed by atoms with van der Waals surface area (Å²) in [6.07, 6.45) is 3.59. The Morgan fingerprint density at radius 1 is 1.22 bits per heavy atom. The number of sulfone groups is 1. The van der Waals surface area contributed by atoms with Crippen LogP contribution in [0.2, 0.25) is 0 Å². The SMILES string of the molecule is CN(C)c1ncc(CN2CCS(=O)(=O)CC2)cn1. The molecular formula is C11H18N4O2S. The molecule has 0 aliphatic carbocycles. The molecule has 1 aliphatic heterocycles. The molecule has 7 heteroatoms. The first kappa shape index (κ1) is 13.2. The summed E-state index contributed by atoms with van der Waals surface area (Å²) >= 11 is 0. The van der Waals surface area contributed by atoms with Crippen LogP contribution in [0.4, 0.5) is 5.95 Å². The lowest BCUT2D eigenvalue weighted by Gasteiger charge is -2.26. The molecule has 1 aromatic heterocycles. The number of aromatic nitrogens is 2. The van der Waals surface area contributed by atoms with Crippen molar-refractivity contribution in [2.24, 2.45) is 0 Å². The van der Waals surface area contributed by atoms with Gasteiger partial charge in [0, 0.05) is 51.7 Å². The maximum Gasteiger partial charge on any atom is 0.224 e. The first-order valence-corrected chi connectivity index (χ1v) is 7.69. The van der Waals surface area contributed by atoms with Crippen molar-refractivity contribution >= 4 is 15.8 Å². The lowest BCUT2D eigenvalue weighted by molar-refractivity contribution is 0.287. The molecule has 6 nitrogen and oxygen atoms in total. The molecule has 100 valence electrons. The Kier molecular flexibility index (Phi) is 3.82. The van der Waals surface area contributed by atoms with Gasteiger partial charge in [-0.25, -0.2) is 18.4 Å². The predicted octanol–water partition coefficient (Wildman–Crippen LogP) is -0.227. The van der Waals surface area contributed by atoms with Crippen LogP contribution in [0.25, 0.3) is 0 Å². The van der Waals surface area contributed by atoms with Crippen molar-refractivity contribution in [2.75, 3.05) is 43.6 Å². The molecule has 0 aromatic carbocycles. The van der Waals surface area contributed by atoms with Gasteiger partial charge < -0.3 is 4.90 Å². The van der Waals surface area contributed by atoms with E-state index in [1.54, 1.807) is 12.4 Å². The van der Waals surface area contributed by atoms with Crippen molar-refractivity contribution in [3.63, 3.8) is 0 Å². The summed E-state index contributed by atoms with van der Waals surface area (Å²) in [4.78, 5) is 12.4. The van der Waals surface area contributed by atoms with Crippen LogP contribution in [0.1, 0.15) is 5.56 Å². The number of nitrogens with zero attached hydrogens (tertiary/aromatic N) is 4. The summed E-state index contributed by atoms with van der Waals surface area (Å²) in [5.74, 6) is 1.19. The topological polar surface area (TPSA) is 66.4 Å². The molecule has 0 spiro atoms. The van der Waals surface area contributed by atoms with E-state index in [1.807, 2.05) is 19.0 Å². The van der Waals surface area contributed by atoms with Crippen molar-refractivity contribution in [2.45, 2.75) is 6.54 Å². The Labute approximate surface area is 108 Å². The summed E-state index contributed by atoms with van der Waals surface area (Å²) in [6, 6.07) is 0. The maximum absolute atomic E-state index is 11.3. The number of anilines is 1. The van der Waals surface area contributed by atoms with Gasteiger partial charge >= 0.3 is 0 Å². The molecule has 1 aromatic rings. The number of hydrogen-bond acceptors (Lipinski definition) is 6. The van der Waals surface area contributed by atoms with E-state index in [9.17, 15) is 8.42 Å². The van der Waals surface area contributed by atoms with Crippen molar-refractivity contribution in [3.8, 4) is 0 Å². The Hall–Kier alpha value is -1.21. The Balaban J connectivity index is 1.94. The monoisotopic (exact) mass is 270 g/mol. The van der Waals surface area contributed by atoms with Crippen LogP contribution in [0.5, 0.6) is 0 Å². The minimum Gasteiger partial charge on any atom is -0.347 e. The second-order valence-corrected chi connectivity index (χ2v) is 7.02. The van der Waals surface area contributed by atoms with Gasteiger partial charge in [0.1, 0.15) is 0 Å². The van der Waals surface area contributed by atoms with Gasteiger partial charge in [0.15, 0.2) is 9.84 Å². The number of rotatable bonds is 3. The van der Waals surface area contributed by atoms with Crippen molar-refractivity contribution in [1.29, 1.82) is 0 Å². The lowest BCUT2D eigenvalue weighted by atomic mass is 10.3. The van der Waals surface area contributed by atoms with Crippen LogP contribution in [-0.2, 0) is 16.4 Å². The van der Waals surface area contributed by atoms with Crippen LogP contribution in [0, 0.1) is 0 Å². The summed E-state index contributed by atoms with van der Waals surface area (Å²) in [5.41, 5.74) is 1.01. The van der Waals surface area contributed by atoms with Gasteiger partial charge in [0.05, 0.1) is 11.5 Å². The smallest absolute Gasteiger partial charge is 0.224 e. The highest BCUT2D eigenvalue weighted by Crippen LogP contribution is 2.09. The van der Waals surface area contributed by atoms with E-state index >= 15 is 0 Å². The van der Waals surface area contributed by atoms with E-state index in [0.717, 1.165) is 5.56 Å². The van der Waals surface area contributed by atoms with Crippen LogP contribution < -0.4 is 4.90 Å². The fraction of sp³-hybridized carbons (Fsp3) is 0.636. The van der Waals surface area contributed by atoms with Crippen LogP contribution in [-0.4, -0.2) is 62.0 Å². The van der Waals surface area contributed by atoms with E-state index in [1.165, 1.54) is 0 Å². The normalized spacial score (nSPS) is 19.7. The van der Waals surface area contributed by atoms with Gasteiger partial charge in [-0.3, -0.25) is 4.90 Å². The molecule has 2 heterocycles. The highest BCUT2D eigenvalue weighted by atomic mass is 32.2. The molecule has 1 aliphatic rings. The second kappa shape index (κ2) is 5.19. The van der Waals surface area contributed by atoms with E-state index in [2.05, 4.69) is 14.9 Å².